The first-order valence-corrected chi connectivity index (χ1v) is 8.93. The number of halogens is 1. The smallest absolute Gasteiger partial charge is 0.207 e. The number of thioether (sulfide) groups is 1. The predicted octanol–water partition coefficient (Wildman–Crippen LogP) is 2.87. The highest BCUT2D eigenvalue weighted by Gasteiger charge is 2.18. The molecule has 1 aromatic rings. The second-order valence-electron chi connectivity index (χ2n) is 3.64. The SMILES string of the molecule is CCC(CSC)NS(=O)(=O)c1ccc(Br)cc1. The van der Waals surface area contributed by atoms with Crippen molar-refractivity contribution in [3.05, 3.63) is 28.7 Å². The first-order valence-electron chi connectivity index (χ1n) is 5.26. The van der Waals surface area contributed by atoms with Crippen molar-refractivity contribution >= 4 is 37.7 Å². The highest BCUT2D eigenvalue weighted by molar-refractivity contribution is 9.10. The number of rotatable bonds is 6. The average Bonchev–Trinajstić information content (AvgIpc) is 2.28. The van der Waals surface area contributed by atoms with Crippen LogP contribution in [0, 0.1) is 0 Å². The van der Waals surface area contributed by atoms with E-state index in [2.05, 4.69) is 20.7 Å². The van der Waals surface area contributed by atoms with Gasteiger partial charge in [0.2, 0.25) is 10.0 Å². The molecule has 17 heavy (non-hydrogen) atoms. The summed E-state index contributed by atoms with van der Waals surface area (Å²) >= 11 is 4.92. The minimum absolute atomic E-state index is 0.0151. The van der Waals surface area contributed by atoms with Crippen LogP contribution in [0.3, 0.4) is 0 Å². The molecule has 96 valence electrons. The van der Waals surface area contributed by atoms with E-state index in [-0.39, 0.29) is 6.04 Å². The number of hydrogen-bond acceptors (Lipinski definition) is 3. The van der Waals surface area contributed by atoms with Crippen LogP contribution in [0.1, 0.15) is 13.3 Å². The lowest BCUT2D eigenvalue weighted by Crippen LogP contribution is -2.36. The quantitative estimate of drug-likeness (QED) is 0.868. The van der Waals surface area contributed by atoms with Crippen molar-refractivity contribution in [1.29, 1.82) is 0 Å². The van der Waals surface area contributed by atoms with Crippen molar-refractivity contribution in [1.82, 2.24) is 4.72 Å². The van der Waals surface area contributed by atoms with Gasteiger partial charge in [-0.15, -0.1) is 0 Å². The van der Waals surface area contributed by atoms with Crippen molar-refractivity contribution in [2.45, 2.75) is 24.3 Å². The lowest BCUT2D eigenvalue weighted by Gasteiger charge is -2.15. The van der Waals surface area contributed by atoms with Crippen LogP contribution in [0.4, 0.5) is 0 Å². The van der Waals surface area contributed by atoms with Gasteiger partial charge < -0.3 is 0 Å². The first-order chi connectivity index (χ1) is 7.99. The largest absolute Gasteiger partial charge is 0.240 e. The second-order valence-corrected chi connectivity index (χ2v) is 7.18. The van der Waals surface area contributed by atoms with Gasteiger partial charge in [-0.25, -0.2) is 13.1 Å². The highest BCUT2D eigenvalue weighted by atomic mass is 79.9. The number of sulfonamides is 1. The van der Waals surface area contributed by atoms with Crippen molar-refractivity contribution in [2.24, 2.45) is 0 Å². The minimum Gasteiger partial charge on any atom is -0.207 e. The van der Waals surface area contributed by atoms with Gasteiger partial charge in [0.05, 0.1) is 4.90 Å². The van der Waals surface area contributed by atoms with Gasteiger partial charge in [0.15, 0.2) is 0 Å². The molecule has 0 bridgehead atoms. The van der Waals surface area contributed by atoms with Gasteiger partial charge in [0.25, 0.3) is 0 Å². The number of benzene rings is 1. The lowest BCUT2D eigenvalue weighted by atomic mass is 10.3. The Morgan fingerprint density at radius 3 is 2.41 bits per heavy atom. The Labute approximate surface area is 116 Å². The van der Waals surface area contributed by atoms with Crippen molar-refractivity contribution in [3.8, 4) is 0 Å². The summed E-state index contributed by atoms with van der Waals surface area (Å²) in [5.41, 5.74) is 0. The maximum atomic E-state index is 12.1. The molecule has 0 aliphatic carbocycles. The molecule has 1 rings (SSSR count). The molecule has 0 aliphatic heterocycles. The molecule has 3 nitrogen and oxygen atoms in total. The highest BCUT2D eigenvalue weighted by Crippen LogP contribution is 2.15. The molecule has 0 aliphatic rings. The Morgan fingerprint density at radius 1 is 1.35 bits per heavy atom. The van der Waals surface area contributed by atoms with Crippen LogP contribution in [0.25, 0.3) is 0 Å². The summed E-state index contributed by atoms with van der Waals surface area (Å²) in [6.45, 7) is 1.98. The molecule has 0 aromatic heterocycles. The third-order valence-electron chi connectivity index (χ3n) is 2.31. The lowest BCUT2D eigenvalue weighted by molar-refractivity contribution is 0.558. The topological polar surface area (TPSA) is 46.2 Å². The van der Waals surface area contributed by atoms with Crippen molar-refractivity contribution < 1.29 is 8.42 Å². The fourth-order valence-electron chi connectivity index (χ4n) is 1.34. The Kier molecular flexibility index (Phi) is 5.99. The Bertz CT molecular complexity index is 445. The van der Waals surface area contributed by atoms with Crippen LogP contribution in [-0.2, 0) is 10.0 Å². The minimum atomic E-state index is -3.39. The summed E-state index contributed by atoms with van der Waals surface area (Å²) in [5.74, 6) is 0.784. The van der Waals surface area contributed by atoms with Crippen LogP contribution in [0.15, 0.2) is 33.6 Å². The Hall–Kier alpha value is -0.0400. The van der Waals surface area contributed by atoms with Crippen LogP contribution in [-0.4, -0.2) is 26.5 Å². The molecule has 1 aromatic carbocycles. The van der Waals surface area contributed by atoms with E-state index in [0.717, 1.165) is 16.6 Å². The van der Waals surface area contributed by atoms with E-state index in [0.29, 0.717) is 4.90 Å². The fourth-order valence-corrected chi connectivity index (χ4v) is 3.75. The van der Waals surface area contributed by atoms with Crippen LogP contribution in [0.2, 0.25) is 0 Å². The molecule has 0 fully saturated rings. The molecule has 0 saturated heterocycles. The summed E-state index contributed by atoms with van der Waals surface area (Å²) in [7, 11) is -3.39. The van der Waals surface area contributed by atoms with Crippen LogP contribution < -0.4 is 4.72 Å². The monoisotopic (exact) mass is 337 g/mol. The molecular formula is C11H16BrNO2S2. The number of nitrogens with one attached hydrogen (secondary N) is 1. The van der Waals surface area contributed by atoms with Gasteiger partial charge in [-0.05, 0) is 36.9 Å². The van der Waals surface area contributed by atoms with Crippen molar-refractivity contribution in [2.75, 3.05) is 12.0 Å². The van der Waals surface area contributed by atoms with Gasteiger partial charge in [0.1, 0.15) is 0 Å². The maximum absolute atomic E-state index is 12.1. The van der Waals surface area contributed by atoms with Crippen molar-refractivity contribution in [3.63, 3.8) is 0 Å². The maximum Gasteiger partial charge on any atom is 0.240 e. The van der Waals surface area contributed by atoms with Gasteiger partial charge in [0, 0.05) is 16.3 Å². The van der Waals surface area contributed by atoms with E-state index in [4.69, 9.17) is 0 Å². The van der Waals surface area contributed by atoms with Gasteiger partial charge in [-0.3, -0.25) is 0 Å². The normalized spacial score (nSPS) is 13.6. The summed E-state index contributed by atoms with van der Waals surface area (Å²) in [6.07, 6.45) is 2.76. The standard InChI is InChI=1S/C11H16BrNO2S2/c1-3-10(8-16-2)13-17(14,15)11-6-4-9(12)5-7-11/h4-7,10,13H,3,8H2,1-2H3. The summed E-state index contributed by atoms with van der Waals surface area (Å²) in [6, 6.07) is 6.63. The molecule has 0 radical (unpaired) electrons. The van der Waals surface area contributed by atoms with E-state index in [1.54, 1.807) is 36.0 Å². The molecule has 0 heterocycles. The van der Waals surface area contributed by atoms with E-state index >= 15 is 0 Å². The summed E-state index contributed by atoms with van der Waals surface area (Å²) in [5, 5.41) is 0. The first kappa shape index (κ1) is 15.0. The summed E-state index contributed by atoms with van der Waals surface area (Å²) in [4.78, 5) is 0.306. The van der Waals surface area contributed by atoms with Gasteiger partial charge >= 0.3 is 0 Å². The molecule has 1 unspecified atom stereocenters. The zero-order valence-electron chi connectivity index (χ0n) is 9.81. The fraction of sp³-hybridized carbons (Fsp3) is 0.455. The third-order valence-corrected chi connectivity index (χ3v) is 5.11. The Balaban J connectivity index is 2.84. The molecule has 1 N–H and O–H groups in total. The van der Waals surface area contributed by atoms with Gasteiger partial charge in [-0.2, -0.15) is 11.8 Å². The number of hydrogen-bond donors (Lipinski definition) is 1. The Morgan fingerprint density at radius 2 is 1.94 bits per heavy atom. The second kappa shape index (κ2) is 6.78. The molecule has 0 amide bonds. The van der Waals surface area contributed by atoms with Crippen LogP contribution >= 0.6 is 27.7 Å². The van der Waals surface area contributed by atoms with E-state index in [9.17, 15) is 8.42 Å². The zero-order chi connectivity index (χ0) is 12.9. The molecule has 0 spiro atoms. The molecule has 1 atom stereocenters. The van der Waals surface area contributed by atoms with E-state index in [1.165, 1.54) is 0 Å². The zero-order valence-corrected chi connectivity index (χ0v) is 13.0. The van der Waals surface area contributed by atoms with E-state index < -0.39 is 10.0 Å². The summed E-state index contributed by atoms with van der Waals surface area (Å²) < 4.78 is 27.7. The molecular weight excluding hydrogens is 322 g/mol. The van der Waals surface area contributed by atoms with Gasteiger partial charge in [-0.1, -0.05) is 22.9 Å². The molecule has 0 saturated carbocycles. The third kappa shape index (κ3) is 4.62. The predicted molar refractivity (Wildman–Crippen MR) is 76.9 cm³/mol. The average molecular weight is 338 g/mol. The van der Waals surface area contributed by atoms with E-state index in [1.807, 2.05) is 13.2 Å². The molecule has 6 heteroatoms. The van der Waals surface area contributed by atoms with Crippen LogP contribution in [0.5, 0.6) is 0 Å².